The molecule has 0 fully saturated rings. The fourth-order valence-corrected chi connectivity index (χ4v) is 4.37. The van der Waals surface area contributed by atoms with E-state index in [2.05, 4.69) is 16.4 Å². The predicted octanol–water partition coefficient (Wildman–Crippen LogP) is 4.09. The summed E-state index contributed by atoms with van der Waals surface area (Å²) in [6.07, 6.45) is 4.80. The molecule has 40 heavy (non-hydrogen) atoms. The van der Waals surface area contributed by atoms with Crippen LogP contribution in [0.4, 0.5) is 5.69 Å². The summed E-state index contributed by atoms with van der Waals surface area (Å²) in [5.74, 6) is -0.748. The Hall–Kier alpha value is -4.66. The van der Waals surface area contributed by atoms with Gasteiger partial charge in [-0.05, 0) is 31.2 Å². The number of rotatable bonds is 10. The quantitative estimate of drug-likeness (QED) is 0.285. The number of nitriles is 1. The number of nitrogens with zero attached hydrogens (tertiary/aromatic N) is 4. The molecule has 3 heterocycles. The van der Waals surface area contributed by atoms with Gasteiger partial charge in [-0.1, -0.05) is 11.6 Å². The zero-order valence-corrected chi connectivity index (χ0v) is 22.8. The molecule has 0 aliphatic heterocycles. The SMILES string of the molecule is CCOC(=O)c1cn2ccc(NC(=O)C(CCOC)n3cc(OC)c(-c4cc(Cl)ccc4C#N)cc3=O)cc2n1. The van der Waals surface area contributed by atoms with Crippen LogP contribution in [0.5, 0.6) is 5.75 Å². The van der Waals surface area contributed by atoms with E-state index in [0.717, 1.165) is 0 Å². The minimum atomic E-state index is -0.962. The van der Waals surface area contributed by atoms with Gasteiger partial charge in [0.25, 0.3) is 5.56 Å². The van der Waals surface area contributed by atoms with Crippen molar-refractivity contribution in [2.45, 2.75) is 19.4 Å². The number of methoxy groups -OCH3 is 2. The van der Waals surface area contributed by atoms with Crippen molar-refractivity contribution in [3.63, 3.8) is 0 Å². The maximum atomic E-state index is 13.5. The second-order valence-corrected chi connectivity index (χ2v) is 9.05. The van der Waals surface area contributed by atoms with Gasteiger partial charge in [0, 0.05) is 66.5 Å². The molecule has 1 N–H and O–H groups in total. The topological polar surface area (TPSA) is 137 Å². The van der Waals surface area contributed by atoms with Crippen molar-refractivity contribution in [1.29, 1.82) is 5.26 Å². The molecule has 0 aliphatic rings. The van der Waals surface area contributed by atoms with E-state index in [1.54, 1.807) is 47.9 Å². The second kappa shape index (κ2) is 12.5. The number of halogens is 1. The molecule has 4 aromatic rings. The summed E-state index contributed by atoms with van der Waals surface area (Å²) in [4.78, 5) is 43.1. The van der Waals surface area contributed by atoms with E-state index >= 15 is 0 Å². The van der Waals surface area contributed by atoms with Crippen LogP contribution in [0.1, 0.15) is 35.4 Å². The summed E-state index contributed by atoms with van der Waals surface area (Å²) in [6, 6.07) is 10.4. The summed E-state index contributed by atoms with van der Waals surface area (Å²) >= 11 is 6.15. The Morgan fingerprint density at radius 3 is 2.65 bits per heavy atom. The van der Waals surface area contributed by atoms with E-state index in [9.17, 15) is 19.6 Å². The molecule has 0 saturated heterocycles. The average Bonchev–Trinajstić information content (AvgIpc) is 3.37. The van der Waals surface area contributed by atoms with E-state index in [0.29, 0.717) is 33.0 Å². The van der Waals surface area contributed by atoms with E-state index in [4.69, 9.17) is 25.8 Å². The van der Waals surface area contributed by atoms with E-state index in [1.165, 1.54) is 37.2 Å². The lowest BCUT2D eigenvalue weighted by Gasteiger charge is -2.21. The third-order valence-electron chi connectivity index (χ3n) is 6.10. The number of hydrogen-bond donors (Lipinski definition) is 1. The van der Waals surface area contributed by atoms with Crippen molar-refractivity contribution >= 4 is 34.8 Å². The van der Waals surface area contributed by atoms with Crippen LogP contribution in [0, 0.1) is 11.3 Å². The number of amides is 1. The molecule has 1 amide bonds. The molecular formula is C28H26ClN5O6. The van der Waals surface area contributed by atoms with Crippen molar-refractivity contribution < 1.29 is 23.8 Å². The Morgan fingerprint density at radius 2 is 1.95 bits per heavy atom. The first-order chi connectivity index (χ1) is 19.3. The highest BCUT2D eigenvalue weighted by Crippen LogP contribution is 2.33. The van der Waals surface area contributed by atoms with Crippen LogP contribution in [0.2, 0.25) is 5.02 Å². The Bertz CT molecular complexity index is 1670. The molecule has 0 radical (unpaired) electrons. The van der Waals surface area contributed by atoms with Gasteiger partial charge in [-0.15, -0.1) is 0 Å². The van der Waals surface area contributed by atoms with Crippen LogP contribution >= 0.6 is 11.6 Å². The molecule has 0 saturated carbocycles. The van der Waals surface area contributed by atoms with E-state index < -0.39 is 23.5 Å². The smallest absolute Gasteiger partial charge is 0.358 e. The van der Waals surface area contributed by atoms with E-state index in [1.807, 2.05) is 0 Å². The molecule has 4 rings (SSSR count). The van der Waals surface area contributed by atoms with Crippen LogP contribution in [0.15, 0.2) is 59.8 Å². The normalized spacial score (nSPS) is 11.6. The highest BCUT2D eigenvalue weighted by molar-refractivity contribution is 6.31. The minimum absolute atomic E-state index is 0.140. The maximum absolute atomic E-state index is 13.5. The minimum Gasteiger partial charge on any atom is -0.495 e. The van der Waals surface area contributed by atoms with Crippen LogP contribution in [0.3, 0.4) is 0 Å². The van der Waals surface area contributed by atoms with Crippen molar-refractivity contribution in [2.75, 3.05) is 32.8 Å². The number of hydrogen-bond acceptors (Lipinski definition) is 8. The Morgan fingerprint density at radius 1 is 1.15 bits per heavy atom. The summed E-state index contributed by atoms with van der Waals surface area (Å²) in [6.45, 7) is 2.13. The zero-order chi connectivity index (χ0) is 28.8. The number of benzene rings is 1. The van der Waals surface area contributed by atoms with Crippen LogP contribution in [0.25, 0.3) is 16.8 Å². The number of ether oxygens (including phenoxy) is 3. The standard InChI is InChI=1S/C28H26ClN5O6/c1-4-40-28(37)22-15-33-9-7-19(12-25(33)32-22)31-27(36)23(8-10-38-2)34-16-24(39-3)21(13-26(34)35)20-11-18(29)6-5-17(20)14-30/h5-7,9,11-13,15-16,23H,4,8,10H2,1-3H3,(H,31,36). The number of fused-ring (bicyclic) bond motifs is 1. The van der Waals surface area contributed by atoms with Gasteiger partial charge in [0.05, 0.1) is 31.5 Å². The van der Waals surface area contributed by atoms with Crippen LogP contribution in [-0.2, 0) is 14.3 Å². The number of pyridine rings is 2. The van der Waals surface area contributed by atoms with Gasteiger partial charge in [-0.3, -0.25) is 14.2 Å². The van der Waals surface area contributed by atoms with Crippen LogP contribution in [-0.4, -0.2) is 53.3 Å². The Kier molecular flexibility index (Phi) is 8.83. The van der Waals surface area contributed by atoms with Gasteiger partial charge >= 0.3 is 5.97 Å². The van der Waals surface area contributed by atoms with Gasteiger partial charge in [0.15, 0.2) is 5.69 Å². The van der Waals surface area contributed by atoms with Crippen molar-refractivity contribution in [3.8, 4) is 22.9 Å². The Balaban J connectivity index is 1.69. The molecule has 1 unspecified atom stereocenters. The number of anilines is 1. The number of esters is 1. The van der Waals surface area contributed by atoms with Crippen molar-refractivity contribution in [1.82, 2.24) is 14.0 Å². The molecule has 12 heteroatoms. The fraction of sp³-hybridized carbons (Fsp3) is 0.250. The van der Waals surface area contributed by atoms with Gasteiger partial charge in [0.1, 0.15) is 17.4 Å². The molecular weight excluding hydrogens is 538 g/mol. The lowest BCUT2D eigenvalue weighted by molar-refractivity contribution is -0.119. The molecule has 1 aromatic carbocycles. The molecule has 206 valence electrons. The number of aromatic nitrogens is 3. The van der Waals surface area contributed by atoms with Gasteiger partial charge in [-0.25, -0.2) is 9.78 Å². The fourth-order valence-electron chi connectivity index (χ4n) is 4.20. The number of nitrogens with one attached hydrogen (secondary N) is 1. The number of carbonyl (C=O) groups excluding carboxylic acids is 2. The summed E-state index contributed by atoms with van der Waals surface area (Å²) in [5, 5.41) is 12.8. The molecule has 0 bridgehead atoms. The van der Waals surface area contributed by atoms with E-state index in [-0.39, 0.29) is 31.1 Å². The van der Waals surface area contributed by atoms with Crippen molar-refractivity contribution in [2.24, 2.45) is 0 Å². The number of imidazole rings is 1. The Labute approximate surface area is 234 Å². The molecule has 0 aliphatic carbocycles. The first kappa shape index (κ1) is 28.4. The third-order valence-corrected chi connectivity index (χ3v) is 6.34. The lowest BCUT2D eigenvalue weighted by Crippen LogP contribution is -2.34. The largest absolute Gasteiger partial charge is 0.495 e. The highest BCUT2D eigenvalue weighted by atomic mass is 35.5. The third kappa shape index (κ3) is 5.98. The highest BCUT2D eigenvalue weighted by Gasteiger charge is 2.24. The monoisotopic (exact) mass is 563 g/mol. The van der Waals surface area contributed by atoms with Gasteiger partial charge < -0.3 is 23.9 Å². The van der Waals surface area contributed by atoms with Gasteiger partial charge in [0.2, 0.25) is 5.91 Å². The first-order valence-electron chi connectivity index (χ1n) is 12.3. The average molecular weight is 564 g/mol. The second-order valence-electron chi connectivity index (χ2n) is 8.62. The molecule has 11 nitrogen and oxygen atoms in total. The zero-order valence-electron chi connectivity index (χ0n) is 22.0. The summed E-state index contributed by atoms with van der Waals surface area (Å²) in [5.41, 5.74) is 1.61. The first-order valence-corrected chi connectivity index (χ1v) is 12.6. The molecule has 0 spiro atoms. The molecule has 3 aromatic heterocycles. The summed E-state index contributed by atoms with van der Waals surface area (Å²) in [7, 11) is 2.93. The maximum Gasteiger partial charge on any atom is 0.358 e. The van der Waals surface area contributed by atoms with Gasteiger partial charge in [-0.2, -0.15) is 5.26 Å². The van der Waals surface area contributed by atoms with Crippen molar-refractivity contribution in [3.05, 3.63) is 81.6 Å². The number of carbonyl (C=O) groups is 2. The predicted molar refractivity (Wildman–Crippen MR) is 148 cm³/mol. The van der Waals surface area contributed by atoms with Crippen LogP contribution < -0.4 is 15.6 Å². The lowest BCUT2D eigenvalue weighted by atomic mass is 10.00. The molecule has 1 atom stereocenters. The summed E-state index contributed by atoms with van der Waals surface area (Å²) < 4.78 is 18.6.